The number of aryl methyl sites for hydroxylation is 1. The van der Waals surface area contributed by atoms with E-state index in [4.69, 9.17) is 4.74 Å². The fourth-order valence-electron chi connectivity index (χ4n) is 2.30. The second-order valence-electron chi connectivity index (χ2n) is 5.62. The second-order valence-corrected chi connectivity index (χ2v) is 5.62. The number of esters is 1. The molecular formula is C19H20FNO3. The van der Waals surface area contributed by atoms with E-state index >= 15 is 0 Å². The molecule has 2 rings (SSSR count). The SMILES string of the molecule is CC(=O)NC(CC(=O)OCc1ccccc1F)c1ccc(C)cc1. The van der Waals surface area contributed by atoms with Crippen LogP contribution in [0.2, 0.25) is 0 Å². The molecule has 24 heavy (non-hydrogen) atoms. The van der Waals surface area contributed by atoms with Crippen LogP contribution in [0, 0.1) is 12.7 Å². The van der Waals surface area contributed by atoms with Crippen LogP contribution in [0.15, 0.2) is 48.5 Å². The topological polar surface area (TPSA) is 55.4 Å². The first-order valence-electron chi connectivity index (χ1n) is 7.68. The van der Waals surface area contributed by atoms with Gasteiger partial charge in [-0.3, -0.25) is 9.59 Å². The molecule has 0 aliphatic carbocycles. The van der Waals surface area contributed by atoms with Crippen LogP contribution in [-0.4, -0.2) is 11.9 Å². The number of hydrogen-bond donors (Lipinski definition) is 1. The van der Waals surface area contributed by atoms with Gasteiger partial charge in [-0.25, -0.2) is 4.39 Å². The maximum absolute atomic E-state index is 13.5. The van der Waals surface area contributed by atoms with E-state index in [1.807, 2.05) is 31.2 Å². The van der Waals surface area contributed by atoms with Crippen molar-refractivity contribution in [3.63, 3.8) is 0 Å². The highest BCUT2D eigenvalue weighted by atomic mass is 19.1. The van der Waals surface area contributed by atoms with Crippen molar-refractivity contribution in [2.24, 2.45) is 0 Å². The summed E-state index contributed by atoms with van der Waals surface area (Å²) in [6.07, 6.45) is -0.0168. The standard InChI is InChI=1S/C19H20FNO3/c1-13-7-9-15(10-8-13)18(21-14(2)22)11-19(23)24-12-16-5-3-4-6-17(16)20/h3-10,18H,11-12H2,1-2H3,(H,21,22). The zero-order valence-electron chi connectivity index (χ0n) is 13.7. The summed E-state index contributed by atoms with van der Waals surface area (Å²) in [7, 11) is 0. The summed E-state index contributed by atoms with van der Waals surface area (Å²) in [6, 6.07) is 13.2. The van der Waals surface area contributed by atoms with Crippen LogP contribution in [0.1, 0.15) is 36.1 Å². The smallest absolute Gasteiger partial charge is 0.308 e. The zero-order valence-corrected chi connectivity index (χ0v) is 13.7. The Morgan fingerprint density at radius 2 is 1.79 bits per heavy atom. The van der Waals surface area contributed by atoms with Gasteiger partial charge >= 0.3 is 5.97 Å². The third kappa shape index (κ3) is 5.19. The lowest BCUT2D eigenvalue weighted by atomic mass is 10.0. The van der Waals surface area contributed by atoms with Crippen molar-refractivity contribution < 1.29 is 18.7 Å². The Bertz CT molecular complexity index is 713. The molecule has 1 amide bonds. The van der Waals surface area contributed by atoms with E-state index in [0.29, 0.717) is 5.56 Å². The lowest BCUT2D eigenvalue weighted by molar-refractivity contribution is -0.145. The summed E-state index contributed by atoms with van der Waals surface area (Å²) >= 11 is 0. The Morgan fingerprint density at radius 3 is 2.42 bits per heavy atom. The zero-order chi connectivity index (χ0) is 17.5. The molecule has 2 aromatic carbocycles. The molecule has 4 nitrogen and oxygen atoms in total. The van der Waals surface area contributed by atoms with Gasteiger partial charge in [0.05, 0.1) is 12.5 Å². The van der Waals surface area contributed by atoms with Crippen molar-refractivity contribution in [1.29, 1.82) is 0 Å². The molecule has 0 aliphatic heterocycles. The van der Waals surface area contributed by atoms with E-state index in [0.717, 1.165) is 11.1 Å². The lowest BCUT2D eigenvalue weighted by Gasteiger charge is -2.18. The predicted molar refractivity (Wildman–Crippen MR) is 88.5 cm³/mol. The molecule has 2 aromatic rings. The summed E-state index contributed by atoms with van der Waals surface area (Å²) in [5.41, 5.74) is 2.22. The number of benzene rings is 2. The molecule has 0 bridgehead atoms. The lowest BCUT2D eigenvalue weighted by Crippen LogP contribution is -2.28. The molecule has 0 radical (unpaired) electrons. The van der Waals surface area contributed by atoms with E-state index in [-0.39, 0.29) is 18.9 Å². The van der Waals surface area contributed by atoms with Crippen LogP contribution in [-0.2, 0) is 20.9 Å². The van der Waals surface area contributed by atoms with Gasteiger partial charge in [0.2, 0.25) is 5.91 Å². The Morgan fingerprint density at radius 1 is 1.12 bits per heavy atom. The Labute approximate surface area is 140 Å². The van der Waals surface area contributed by atoms with E-state index < -0.39 is 17.8 Å². The van der Waals surface area contributed by atoms with Gasteiger partial charge in [0, 0.05) is 12.5 Å². The molecule has 0 spiro atoms. The van der Waals surface area contributed by atoms with Gasteiger partial charge in [-0.2, -0.15) is 0 Å². The van der Waals surface area contributed by atoms with Crippen LogP contribution in [0.25, 0.3) is 0 Å². The fourth-order valence-corrected chi connectivity index (χ4v) is 2.30. The molecular weight excluding hydrogens is 309 g/mol. The van der Waals surface area contributed by atoms with Gasteiger partial charge in [-0.15, -0.1) is 0 Å². The largest absolute Gasteiger partial charge is 0.461 e. The molecule has 5 heteroatoms. The van der Waals surface area contributed by atoms with E-state index in [1.165, 1.54) is 13.0 Å². The van der Waals surface area contributed by atoms with Gasteiger partial charge in [0.15, 0.2) is 0 Å². The molecule has 0 saturated carbocycles. The maximum atomic E-state index is 13.5. The number of amides is 1. The van der Waals surface area contributed by atoms with Crippen LogP contribution in [0.5, 0.6) is 0 Å². The van der Waals surface area contributed by atoms with Crippen molar-refractivity contribution in [2.75, 3.05) is 0 Å². The predicted octanol–water partition coefficient (Wildman–Crippen LogP) is 3.44. The first-order valence-corrected chi connectivity index (χ1v) is 7.68. The highest BCUT2D eigenvalue weighted by Crippen LogP contribution is 2.19. The molecule has 1 atom stereocenters. The van der Waals surface area contributed by atoms with Crippen molar-refractivity contribution in [2.45, 2.75) is 32.9 Å². The summed E-state index contributed by atoms with van der Waals surface area (Å²) in [5, 5.41) is 2.74. The molecule has 1 unspecified atom stereocenters. The average molecular weight is 329 g/mol. The number of halogens is 1. The quantitative estimate of drug-likeness (QED) is 0.826. The minimum absolute atomic E-state index is 0.0168. The van der Waals surface area contributed by atoms with Gasteiger partial charge in [-0.05, 0) is 18.6 Å². The monoisotopic (exact) mass is 329 g/mol. The third-order valence-corrected chi connectivity index (χ3v) is 3.57. The number of carbonyl (C=O) groups is 2. The summed E-state index contributed by atoms with van der Waals surface area (Å²) in [5.74, 6) is -1.15. The average Bonchev–Trinajstić information content (AvgIpc) is 2.54. The van der Waals surface area contributed by atoms with Gasteiger partial charge in [0.25, 0.3) is 0 Å². The highest BCUT2D eigenvalue weighted by molar-refractivity contribution is 5.76. The number of rotatable bonds is 6. The first kappa shape index (κ1) is 17.7. The Hall–Kier alpha value is -2.69. The number of ether oxygens (including phenoxy) is 1. The van der Waals surface area contributed by atoms with Gasteiger partial charge in [-0.1, -0.05) is 48.0 Å². The van der Waals surface area contributed by atoms with Crippen LogP contribution >= 0.6 is 0 Å². The van der Waals surface area contributed by atoms with Crippen molar-refractivity contribution in [3.8, 4) is 0 Å². The number of nitrogens with one attached hydrogen (secondary N) is 1. The summed E-state index contributed by atoms with van der Waals surface area (Å²) < 4.78 is 18.7. The summed E-state index contributed by atoms with van der Waals surface area (Å²) in [6.45, 7) is 3.22. The molecule has 0 aromatic heterocycles. The Kier molecular flexibility index (Phi) is 6.07. The maximum Gasteiger partial charge on any atom is 0.308 e. The third-order valence-electron chi connectivity index (χ3n) is 3.57. The van der Waals surface area contributed by atoms with E-state index in [1.54, 1.807) is 18.2 Å². The first-order chi connectivity index (χ1) is 11.5. The number of hydrogen-bond acceptors (Lipinski definition) is 3. The second kappa shape index (κ2) is 8.24. The van der Waals surface area contributed by atoms with Crippen molar-refractivity contribution in [1.82, 2.24) is 5.32 Å². The van der Waals surface area contributed by atoms with Crippen molar-refractivity contribution in [3.05, 3.63) is 71.0 Å². The number of carbonyl (C=O) groups excluding carboxylic acids is 2. The molecule has 0 heterocycles. The molecule has 1 N–H and O–H groups in total. The van der Waals surface area contributed by atoms with E-state index in [9.17, 15) is 14.0 Å². The minimum atomic E-state index is -0.502. The van der Waals surface area contributed by atoms with Crippen LogP contribution in [0.3, 0.4) is 0 Å². The highest BCUT2D eigenvalue weighted by Gasteiger charge is 2.18. The molecule has 126 valence electrons. The molecule has 0 fully saturated rings. The summed E-state index contributed by atoms with van der Waals surface area (Å²) in [4.78, 5) is 23.5. The molecule has 0 saturated heterocycles. The minimum Gasteiger partial charge on any atom is -0.461 e. The molecule has 0 aliphatic rings. The Balaban J connectivity index is 2.00. The normalized spacial score (nSPS) is 11.6. The van der Waals surface area contributed by atoms with Gasteiger partial charge < -0.3 is 10.1 Å². The van der Waals surface area contributed by atoms with E-state index in [2.05, 4.69) is 5.32 Å². The van der Waals surface area contributed by atoms with Crippen LogP contribution < -0.4 is 5.32 Å². The van der Waals surface area contributed by atoms with Crippen LogP contribution in [0.4, 0.5) is 4.39 Å². The fraction of sp³-hybridized carbons (Fsp3) is 0.263. The van der Waals surface area contributed by atoms with Gasteiger partial charge in [0.1, 0.15) is 12.4 Å². The van der Waals surface area contributed by atoms with Crippen molar-refractivity contribution >= 4 is 11.9 Å².